The van der Waals surface area contributed by atoms with Gasteiger partial charge >= 0.3 is 11.8 Å². The third kappa shape index (κ3) is 4.65. The third-order valence-corrected chi connectivity index (χ3v) is 7.41. The summed E-state index contributed by atoms with van der Waals surface area (Å²) in [7, 11) is -3.25. The van der Waals surface area contributed by atoms with Gasteiger partial charge in [-0.15, -0.1) is 0 Å². The zero-order valence-corrected chi connectivity index (χ0v) is 19.0. The molecule has 0 bridgehead atoms. The molecule has 1 fully saturated rings. The van der Waals surface area contributed by atoms with Crippen molar-refractivity contribution in [2.45, 2.75) is 25.3 Å². The van der Waals surface area contributed by atoms with Gasteiger partial charge in [0.05, 0.1) is 23.3 Å². The van der Waals surface area contributed by atoms with Crippen LogP contribution in [0.2, 0.25) is 0 Å². The minimum absolute atomic E-state index is 0.0815. The highest BCUT2D eigenvalue weighted by molar-refractivity contribution is 7.91. The Bertz CT molecular complexity index is 1450. The largest absolute Gasteiger partial charge is 0.383 e. The van der Waals surface area contributed by atoms with Crippen LogP contribution in [0.1, 0.15) is 18.4 Å². The van der Waals surface area contributed by atoms with Gasteiger partial charge in [0.15, 0.2) is 9.84 Å². The zero-order valence-electron chi connectivity index (χ0n) is 18.2. The first kappa shape index (κ1) is 23.1. The van der Waals surface area contributed by atoms with Gasteiger partial charge in [-0.1, -0.05) is 0 Å². The number of hydrogen-bond acceptors (Lipinski definition) is 9. The fourth-order valence-electron chi connectivity index (χ4n) is 3.71. The van der Waals surface area contributed by atoms with Crippen LogP contribution in [0.5, 0.6) is 0 Å². The number of anilines is 2. The molecule has 1 aliphatic rings. The van der Waals surface area contributed by atoms with Crippen LogP contribution in [0, 0.1) is 18.3 Å². The number of fused-ring (bicyclic) bond motifs is 1. The van der Waals surface area contributed by atoms with Crippen molar-refractivity contribution >= 4 is 44.1 Å². The van der Waals surface area contributed by atoms with Crippen LogP contribution in [-0.2, 0) is 19.4 Å². The average Bonchev–Trinajstić information content (AvgIpc) is 2.80. The Balaban J connectivity index is 1.55. The van der Waals surface area contributed by atoms with Crippen LogP contribution in [0.25, 0.3) is 22.0 Å². The van der Waals surface area contributed by atoms with Gasteiger partial charge < -0.3 is 16.4 Å². The van der Waals surface area contributed by atoms with Crippen LogP contribution in [0.3, 0.4) is 0 Å². The summed E-state index contributed by atoms with van der Waals surface area (Å²) in [4.78, 5) is 37.6. The first-order valence-corrected chi connectivity index (χ1v) is 12.2. The number of nitriles is 1. The fourth-order valence-corrected chi connectivity index (χ4v) is 5.23. The molecule has 174 valence electrons. The van der Waals surface area contributed by atoms with E-state index in [1.54, 1.807) is 24.5 Å². The molecule has 12 heteroatoms. The molecule has 0 aliphatic carbocycles. The van der Waals surface area contributed by atoms with Crippen molar-refractivity contribution in [1.82, 2.24) is 20.3 Å². The predicted octanol–water partition coefficient (Wildman–Crippen LogP) is 1.11. The molecular weight excluding hydrogens is 458 g/mol. The Morgan fingerprint density at radius 2 is 1.91 bits per heavy atom. The van der Waals surface area contributed by atoms with Crippen molar-refractivity contribution in [1.29, 1.82) is 5.26 Å². The number of nitrogens with one attached hydrogen (secondary N) is 2. The number of aromatic nitrogens is 3. The number of nitrogens with two attached hydrogens (primary N) is 1. The smallest absolute Gasteiger partial charge is 0.314 e. The number of hydrogen-bond donors (Lipinski definition) is 3. The van der Waals surface area contributed by atoms with E-state index in [9.17, 15) is 23.3 Å². The molecule has 11 nitrogen and oxygen atoms in total. The lowest BCUT2D eigenvalue weighted by Crippen LogP contribution is -2.54. The molecule has 4 N–H and O–H groups in total. The van der Waals surface area contributed by atoms with Crippen molar-refractivity contribution in [3.63, 3.8) is 0 Å². The zero-order chi connectivity index (χ0) is 24.5. The summed E-state index contributed by atoms with van der Waals surface area (Å²) in [6, 6.07) is 7.13. The van der Waals surface area contributed by atoms with E-state index < -0.39 is 27.2 Å². The number of nitrogens with zero attached hydrogens (tertiary/aromatic N) is 4. The minimum atomic E-state index is -3.25. The summed E-state index contributed by atoms with van der Waals surface area (Å²) in [5.41, 5.74) is 7.05. The van der Waals surface area contributed by atoms with Crippen LogP contribution in [-0.4, -0.2) is 52.2 Å². The van der Waals surface area contributed by atoms with Crippen LogP contribution in [0.15, 0.2) is 36.8 Å². The molecular formula is C22H21N7O4S. The molecule has 0 unspecified atom stereocenters. The quantitative estimate of drug-likeness (QED) is 0.463. The maximum absolute atomic E-state index is 12.5. The second-order valence-corrected chi connectivity index (χ2v) is 10.4. The number of carbonyl (C=O) groups excluding carboxylic acids is 2. The summed E-state index contributed by atoms with van der Waals surface area (Å²) in [6.07, 6.45) is 4.63. The van der Waals surface area contributed by atoms with E-state index in [4.69, 9.17) is 5.73 Å². The molecule has 3 aromatic rings. The Morgan fingerprint density at radius 1 is 1.18 bits per heavy atom. The molecule has 4 rings (SSSR count). The number of amides is 2. The summed E-state index contributed by atoms with van der Waals surface area (Å²) in [5, 5.41) is 15.5. The molecule has 3 aromatic heterocycles. The Labute approximate surface area is 195 Å². The van der Waals surface area contributed by atoms with Gasteiger partial charge in [0.25, 0.3) is 0 Å². The number of rotatable bonds is 3. The Morgan fingerprint density at radius 3 is 2.59 bits per heavy atom. The molecule has 1 saturated heterocycles. The molecule has 0 saturated carbocycles. The maximum atomic E-state index is 12.5. The second kappa shape index (κ2) is 8.68. The lowest BCUT2D eigenvalue weighted by molar-refractivity contribution is -0.137. The minimum Gasteiger partial charge on any atom is -0.383 e. The van der Waals surface area contributed by atoms with Crippen molar-refractivity contribution in [2.75, 3.05) is 22.6 Å². The highest BCUT2D eigenvalue weighted by Crippen LogP contribution is 2.28. The Kier molecular flexibility index (Phi) is 5.89. The van der Waals surface area contributed by atoms with Crippen molar-refractivity contribution in [3.8, 4) is 17.3 Å². The monoisotopic (exact) mass is 479 g/mol. The first-order chi connectivity index (χ1) is 16.1. The first-order valence-electron chi connectivity index (χ1n) is 10.3. The van der Waals surface area contributed by atoms with Gasteiger partial charge in [0, 0.05) is 29.5 Å². The van der Waals surface area contributed by atoms with Crippen LogP contribution in [0.4, 0.5) is 11.6 Å². The third-order valence-electron chi connectivity index (χ3n) is 5.75. The van der Waals surface area contributed by atoms with E-state index >= 15 is 0 Å². The van der Waals surface area contributed by atoms with E-state index in [0.29, 0.717) is 16.5 Å². The highest BCUT2D eigenvalue weighted by Gasteiger charge is 2.40. The van der Waals surface area contributed by atoms with Gasteiger partial charge in [0.1, 0.15) is 17.2 Å². The maximum Gasteiger partial charge on any atom is 0.314 e. The number of carbonyl (C=O) groups is 2. The van der Waals surface area contributed by atoms with Gasteiger partial charge in [-0.3, -0.25) is 14.6 Å². The van der Waals surface area contributed by atoms with Gasteiger partial charge in [0.2, 0.25) is 0 Å². The molecule has 4 heterocycles. The lowest BCUT2D eigenvalue weighted by Gasteiger charge is -2.30. The van der Waals surface area contributed by atoms with Crippen molar-refractivity contribution < 1.29 is 18.0 Å². The van der Waals surface area contributed by atoms with Gasteiger partial charge in [-0.05, 0) is 48.9 Å². The lowest BCUT2D eigenvalue weighted by atomic mass is 9.94. The predicted molar refractivity (Wildman–Crippen MR) is 125 cm³/mol. The molecule has 0 radical (unpaired) electrons. The van der Waals surface area contributed by atoms with Crippen molar-refractivity contribution in [3.05, 3.63) is 42.4 Å². The van der Waals surface area contributed by atoms with E-state index in [0.717, 1.165) is 11.1 Å². The van der Waals surface area contributed by atoms with Crippen molar-refractivity contribution in [2.24, 2.45) is 0 Å². The molecule has 0 aromatic carbocycles. The second-order valence-electron chi connectivity index (χ2n) is 8.13. The van der Waals surface area contributed by atoms with Crippen LogP contribution >= 0.6 is 0 Å². The van der Waals surface area contributed by atoms with Gasteiger partial charge in [-0.25, -0.2) is 18.4 Å². The summed E-state index contributed by atoms with van der Waals surface area (Å²) < 4.78 is 23.3. The van der Waals surface area contributed by atoms with E-state index in [2.05, 4.69) is 25.6 Å². The number of pyridine rings is 3. The summed E-state index contributed by atoms with van der Waals surface area (Å²) in [6.45, 7) is 1.92. The molecule has 0 spiro atoms. The van der Waals surface area contributed by atoms with Gasteiger partial charge in [-0.2, -0.15) is 5.26 Å². The normalized spacial score (nSPS) is 16.4. The molecule has 2 amide bonds. The number of aryl methyl sites for hydroxylation is 1. The molecule has 34 heavy (non-hydrogen) atoms. The van der Waals surface area contributed by atoms with Crippen LogP contribution < -0.4 is 16.4 Å². The number of sulfone groups is 1. The number of nitrogen functional groups attached to an aromatic ring is 1. The fraction of sp³-hybridized carbons (Fsp3) is 0.273. The summed E-state index contributed by atoms with van der Waals surface area (Å²) >= 11 is 0. The summed E-state index contributed by atoms with van der Waals surface area (Å²) in [5.74, 6) is -2.19. The standard InChI is InChI=1S/C22H21N7O4S/c1-13-2-5-25-10-15(13)17-8-14-9-18(26-11-16(14)19(24)27-17)28-20(30)21(31)29-22(12-23)3-6-34(32,33)7-4-22/h2,5,8-11H,3-4,6-7H2,1H3,(H2,24,27)(H,29,31)(H,26,28,30). The SMILES string of the molecule is Cc1ccncc1-c1cc2cc(NC(=O)C(=O)NC3(C#N)CCS(=O)(=O)CC3)ncc2c(N)n1. The van der Waals surface area contributed by atoms with E-state index in [1.165, 1.54) is 6.20 Å². The van der Waals surface area contributed by atoms with E-state index in [-0.39, 0.29) is 36.0 Å². The highest BCUT2D eigenvalue weighted by atomic mass is 32.2. The molecule has 0 atom stereocenters. The van der Waals surface area contributed by atoms with E-state index in [1.807, 2.05) is 19.1 Å². The Hall–Kier alpha value is -4.11. The topological polar surface area (TPSA) is 181 Å². The average molecular weight is 480 g/mol. The molecule has 1 aliphatic heterocycles.